The standard InChI is InChI=1S/C31H36FN5O2/c32-26-4-1-3-25(15-26)31(21-34,28-5-2-6-29(28)35-30(39)20-38)24-11-13-36(14-12-24)17-23-18-37(19-23)27-9-7-22(16-33)8-10-27/h1,3-4,7-10,15,23-24,28-29,38H,2,5-6,11-14,17-20H2,(H,35,39)/t28-,29-,31-/m0/s1. The Bertz CT molecular complexity index is 1240. The predicted octanol–water partition coefficient (Wildman–Crippen LogP) is 3.58. The van der Waals surface area contributed by atoms with E-state index in [1.165, 1.54) is 12.1 Å². The molecule has 39 heavy (non-hydrogen) atoms. The molecule has 2 heterocycles. The number of hydrogen-bond donors (Lipinski definition) is 2. The van der Waals surface area contributed by atoms with E-state index in [0.29, 0.717) is 17.0 Å². The normalized spacial score (nSPS) is 23.8. The number of nitriles is 2. The van der Waals surface area contributed by atoms with Crippen LogP contribution in [-0.2, 0) is 10.2 Å². The number of anilines is 1. The minimum Gasteiger partial charge on any atom is -0.387 e. The minimum absolute atomic E-state index is 0.0497. The van der Waals surface area contributed by atoms with Crippen LogP contribution in [0, 0.1) is 46.2 Å². The molecule has 0 aromatic heterocycles. The maximum absolute atomic E-state index is 14.5. The van der Waals surface area contributed by atoms with E-state index in [0.717, 1.165) is 70.5 Å². The van der Waals surface area contributed by atoms with Crippen molar-refractivity contribution in [1.29, 1.82) is 10.5 Å². The lowest BCUT2D eigenvalue weighted by molar-refractivity contribution is -0.125. The van der Waals surface area contributed by atoms with Crippen molar-refractivity contribution in [3.63, 3.8) is 0 Å². The van der Waals surface area contributed by atoms with E-state index in [4.69, 9.17) is 5.26 Å². The highest BCUT2D eigenvalue weighted by atomic mass is 19.1. The predicted molar refractivity (Wildman–Crippen MR) is 146 cm³/mol. The number of nitrogens with zero attached hydrogens (tertiary/aromatic N) is 4. The zero-order valence-electron chi connectivity index (χ0n) is 22.2. The van der Waals surface area contributed by atoms with Crippen LogP contribution >= 0.6 is 0 Å². The maximum Gasteiger partial charge on any atom is 0.245 e. The average molecular weight is 530 g/mol. The summed E-state index contributed by atoms with van der Waals surface area (Å²) in [6.45, 7) is 4.19. The van der Waals surface area contributed by atoms with E-state index < -0.39 is 17.9 Å². The summed E-state index contributed by atoms with van der Waals surface area (Å²) in [4.78, 5) is 16.9. The molecule has 204 valence electrons. The van der Waals surface area contributed by atoms with Crippen molar-refractivity contribution in [2.24, 2.45) is 17.8 Å². The van der Waals surface area contributed by atoms with Crippen molar-refractivity contribution in [3.8, 4) is 12.1 Å². The second-order valence-corrected chi connectivity index (χ2v) is 11.4. The van der Waals surface area contributed by atoms with Gasteiger partial charge in [0.25, 0.3) is 0 Å². The van der Waals surface area contributed by atoms with Crippen molar-refractivity contribution < 1.29 is 14.3 Å². The molecule has 1 aliphatic carbocycles. The van der Waals surface area contributed by atoms with Crippen molar-refractivity contribution >= 4 is 11.6 Å². The van der Waals surface area contributed by atoms with Gasteiger partial charge in [-0.25, -0.2) is 4.39 Å². The highest BCUT2D eigenvalue weighted by Gasteiger charge is 2.52. The number of carbonyl (C=O) groups excluding carboxylic acids is 1. The van der Waals surface area contributed by atoms with Gasteiger partial charge in [0.1, 0.15) is 12.4 Å². The van der Waals surface area contributed by atoms with Crippen LogP contribution < -0.4 is 10.2 Å². The fourth-order valence-corrected chi connectivity index (χ4v) is 7.25. The van der Waals surface area contributed by atoms with E-state index in [1.807, 2.05) is 30.3 Å². The first-order chi connectivity index (χ1) is 19.0. The molecule has 2 N–H and O–H groups in total. The molecular formula is C31H36FN5O2. The number of aliphatic hydroxyl groups is 1. The van der Waals surface area contributed by atoms with Crippen LogP contribution in [0.1, 0.15) is 43.2 Å². The molecular weight excluding hydrogens is 493 g/mol. The molecule has 2 aromatic rings. The van der Waals surface area contributed by atoms with Crippen molar-refractivity contribution in [1.82, 2.24) is 10.2 Å². The van der Waals surface area contributed by atoms with Gasteiger partial charge in [-0.15, -0.1) is 0 Å². The third-order valence-corrected chi connectivity index (χ3v) is 9.14. The number of hydrogen-bond acceptors (Lipinski definition) is 6. The van der Waals surface area contributed by atoms with E-state index in [9.17, 15) is 19.6 Å². The summed E-state index contributed by atoms with van der Waals surface area (Å²) in [5.74, 6) is -0.287. The monoisotopic (exact) mass is 529 g/mol. The molecule has 2 aliphatic heterocycles. The van der Waals surface area contributed by atoms with Crippen LogP contribution in [0.25, 0.3) is 0 Å². The van der Waals surface area contributed by atoms with Gasteiger partial charge in [-0.1, -0.05) is 18.6 Å². The van der Waals surface area contributed by atoms with E-state index >= 15 is 0 Å². The second-order valence-electron chi connectivity index (χ2n) is 11.4. The summed E-state index contributed by atoms with van der Waals surface area (Å²) in [6, 6.07) is 18.8. The molecule has 2 aromatic carbocycles. The first-order valence-electron chi connectivity index (χ1n) is 14.0. The van der Waals surface area contributed by atoms with Crippen molar-refractivity contribution in [2.45, 2.75) is 43.6 Å². The zero-order valence-corrected chi connectivity index (χ0v) is 22.2. The summed E-state index contributed by atoms with van der Waals surface area (Å²) in [6.07, 6.45) is 4.11. The van der Waals surface area contributed by atoms with E-state index in [2.05, 4.69) is 27.3 Å². The lowest BCUT2D eigenvalue weighted by Gasteiger charge is -2.48. The van der Waals surface area contributed by atoms with Gasteiger partial charge in [0, 0.05) is 43.2 Å². The van der Waals surface area contributed by atoms with Gasteiger partial charge < -0.3 is 20.2 Å². The van der Waals surface area contributed by atoms with Gasteiger partial charge in [0.05, 0.1) is 23.1 Å². The molecule has 1 saturated carbocycles. The number of aliphatic hydroxyl groups excluding tert-OH is 1. The largest absolute Gasteiger partial charge is 0.387 e. The van der Waals surface area contributed by atoms with Crippen LogP contribution in [0.3, 0.4) is 0 Å². The lowest BCUT2D eigenvalue weighted by Crippen LogP contribution is -2.55. The number of likely N-dealkylation sites (tertiary alicyclic amines) is 1. The molecule has 0 unspecified atom stereocenters. The zero-order chi connectivity index (χ0) is 27.4. The summed E-state index contributed by atoms with van der Waals surface area (Å²) in [5.41, 5.74) is 1.62. The highest BCUT2D eigenvalue weighted by molar-refractivity contribution is 5.77. The van der Waals surface area contributed by atoms with Gasteiger partial charge in [0.15, 0.2) is 0 Å². The Hall–Kier alpha value is -3.46. The Balaban J connectivity index is 1.26. The number of amides is 1. The fourth-order valence-electron chi connectivity index (χ4n) is 7.25. The van der Waals surface area contributed by atoms with Gasteiger partial charge in [-0.2, -0.15) is 10.5 Å². The SMILES string of the molecule is N#Cc1ccc(N2CC(CN3CCC([C@@](C#N)(c4cccc(F)c4)[C@H]4CCC[C@@H]4NC(=O)CO)CC3)C2)cc1. The Labute approximate surface area is 229 Å². The van der Waals surface area contributed by atoms with Crippen LogP contribution in [0.5, 0.6) is 0 Å². The first-order valence-corrected chi connectivity index (χ1v) is 14.0. The molecule has 0 spiro atoms. The Kier molecular flexibility index (Phi) is 8.16. The van der Waals surface area contributed by atoms with E-state index in [-0.39, 0.29) is 23.7 Å². The summed E-state index contributed by atoms with van der Waals surface area (Å²) in [7, 11) is 0. The van der Waals surface area contributed by atoms with Gasteiger partial charge in [0.2, 0.25) is 5.91 Å². The van der Waals surface area contributed by atoms with Gasteiger partial charge in [-0.05, 0) is 86.7 Å². The molecule has 3 atom stereocenters. The molecule has 0 bridgehead atoms. The van der Waals surface area contributed by atoms with Crippen molar-refractivity contribution in [2.75, 3.05) is 44.2 Å². The van der Waals surface area contributed by atoms with Crippen LogP contribution in [0.4, 0.5) is 10.1 Å². The third kappa shape index (κ3) is 5.50. The Morgan fingerprint density at radius 1 is 1.08 bits per heavy atom. The van der Waals surface area contributed by atoms with Crippen LogP contribution in [0.2, 0.25) is 0 Å². The number of halogens is 1. The van der Waals surface area contributed by atoms with Crippen LogP contribution in [0.15, 0.2) is 48.5 Å². The highest BCUT2D eigenvalue weighted by Crippen LogP contribution is 2.50. The molecule has 2 saturated heterocycles. The molecule has 3 aliphatic rings. The smallest absolute Gasteiger partial charge is 0.245 e. The Morgan fingerprint density at radius 3 is 2.46 bits per heavy atom. The number of piperidine rings is 1. The molecule has 1 amide bonds. The number of nitrogens with one attached hydrogen (secondary N) is 1. The molecule has 7 nitrogen and oxygen atoms in total. The van der Waals surface area contributed by atoms with Crippen molar-refractivity contribution in [3.05, 3.63) is 65.5 Å². The number of benzene rings is 2. The topological polar surface area (TPSA) is 103 Å². The van der Waals surface area contributed by atoms with Gasteiger partial charge >= 0.3 is 0 Å². The number of rotatable bonds is 8. The third-order valence-electron chi connectivity index (χ3n) is 9.14. The summed E-state index contributed by atoms with van der Waals surface area (Å²) < 4.78 is 14.5. The summed E-state index contributed by atoms with van der Waals surface area (Å²) >= 11 is 0. The van der Waals surface area contributed by atoms with E-state index in [1.54, 1.807) is 6.07 Å². The van der Waals surface area contributed by atoms with Crippen LogP contribution in [-0.4, -0.2) is 61.3 Å². The second kappa shape index (κ2) is 11.7. The maximum atomic E-state index is 14.5. The fraction of sp³-hybridized carbons (Fsp3) is 0.516. The average Bonchev–Trinajstić information content (AvgIpc) is 3.40. The van der Waals surface area contributed by atoms with Gasteiger partial charge in [-0.3, -0.25) is 4.79 Å². The number of carbonyl (C=O) groups is 1. The molecule has 3 fully saturated rings. The quantitative estimate of drug-likeness (QED) is 0.542. The molecule has 0 radical (unpaired) electrons. The first kappa shape index (κ1) is 27.1. The lowest BCUT2D eigenvalue weighted by atomic mass is 9.59. The summed E-state index contributed by atoms with van der Waals surface area (Å²) in [5, 5.41) is 32.1. The minimum atomic E-state index is -0.902. The molecule has 5 rings (SSSR count). The Morgan fingerprint density at radius 2 is 1.82 bits per heavy atom. The molecule has 8 heteroatoms.